The molecule has 1 atom stereocenters. The zero-order valence-electron chi connectivity index (χ0n) is 15.7. The number of ether oxygens (including phenoxy) is 1. The van der Waals surface area contributed by atoms with Gasteiger partial charge >= 0.3 is 0 Å². The van der Waals surface area contributed by atoms with Crippen LogP contribution >= 0.6 is 0 Å². The lowest BCUT2D eigenvalue weighted by Crippen LogP contribution is -2.31. The lowest BCUT2D eigenvalue weighted by molar-refractivity contribution is -0.119. The molecule has 0 spiro atoms. The molecule has 2 amide bonds. The molecule has 26 heavy (non-hydrogen) atoms. The second-order valence-electron chi connectivity index (χ2n) is 6.57. The molecule has 2 aromatic rings. The molecule has 0 saturated carbocycles. The third kappa shape index (κ3) is 5.34. The molecule has 0 aliphatic carbocycles. The van der Waals surface area contributed by atoms with Crippen molar-refractivity contribution in [2.24, 2.45) is 5.92 Å². The van der Waals surface area contributed by atoms with Gasteiger partial charge in [0.15, 0.2) is 0 Å². The molecule has 0 aromatic heterocycles. The summed E-state index contributed by atoms with van der Waals surface area (Å²) in [4.78, 5) is 23.6. The number of methoxy groups -OCH3 is 1. The van der Waals surface area contributed by atoms with E-state index in [0.717, 1.165) is 16.9 Å². The van der Waals surface area contributed by atoms with Crippen LogP contribution < -0.4 is 15.4 Å². The average molecular weight is 354 g/mol. The van der Waals surface area contributed by atoms with Gasteiger partial charge in [-0.25, -0.2) is 0 Å². The zero-order valence-corrected chi connectivity index (χ0v) is 15.7. The summed E-state index contributed by atoms with van der Waals surface area (Å²) >= 11 is 0. The molecule has 0 heterocycles. The van der Waals surface area contributed by atoms with Crippen molar-refractivity contribution in [1.82, 2.24) is 10.6 Å². The highest BCUT2D eigenvalue weighted by atomic mass is 16.5. The minimum absolute atomic E-state index is 0.0777. The number of carbonyl (C=O) groups excluding carboxylic acids is 2. The third-order valence-corrected chi connectivity index (χ3v) is 4.19. The van der Waals surface area contributed by atoms with Crippen LogP contribution in [0.25, 0.3) is 0 Å². The molecule has 0 aliphatic heterocycles. The van der Waals surface area contributed by atoms with E-state index in [0.29, 0.717) is 12.1 Å². The number of nitrogens with one attached hydrogen (secondary N) is 2. The Morgan fingerprint density at radius 2 is 1.62 bits per heavy atom. The van der Waals surface area contributed by atoms with E-state index in [4.69, 9.17) is 4.74 Å². The van der Waals surface area contributed by atoms with Gasteiger partial charge in [0.1, 0.15) is 5.75 Å². The van der Waals surface area contributed by atoms with Crippen LogP contribution in [-0.4, -0.2) is 18.9 Å². The Kier molecular flexibility index (Phi) is 6.78. The predicted molar refractivity (Wildman–Crippen MR) is 102 cm³/mol. The summed E-state index contributed by atoms with van der Waals surface area (Å²) in [6.45, 7) is 6.09. The van der Waals surface area contributed by atoms with Crippen molar-refractivity contribution >= 4 is 11.8 Å². The van der Waals surface area contributed by atoms with Crippen LogP contribution in [0.15, 0.2) is 48.5 Å². The molecule has 0 unspecified atom stereocenters. The smallest absolute Gasteiger partial charge is 0.251 e. The minimum Gasteiger partial charge on any atom is -0.497 e. The molecular weight excluding hydrogens is 328 g/mol. The topological polar surface area (TPSA) is 67.4 Å². The van der Waals surface area contributed by atoms with Crippen LogP contribution in [0.4, 0.5) is 0 Å². The SMILES string of the molecule is COc1ccc([C@H](NC(=O)c2ccc(CNC(C)=O)cc2)C(C)C)cc1. The van der Waals surface area contributed by atoms with Gasteiger partial charge in [-0.1, -0.05) is 38.1 Å². The maximum Gasteiger partial charge on any atom is 0.251 e. The van der Waals surface area contributed by atoms with Gasteiger partial charge in [-0.3, -0.25) is 9.59 Å². The third-order valence-electron chi connectivity index (χ3n) is 4.19. The van der Waals surface area contributed by atoms with Gasteiger partial charge in [-0.2, -0.15) is 0 Å². The fourth-order valence-corrected chi connectivity index (χ4v) is 2.67. The van der Waals surface area contributed by atoms with Gasteiger partial charge in [0.05, 0.1) is 13.2 Å². The first-order valence-corrected chi connectivity index (χ1v) is 8.69. The van der Waals surface area contributed by atoms with E-state index in [1.807, 2.05) is 36.4 Å². The van der Waals surface area contributed by atoms with E-state index in [2.05, 4.69) is 24.5 Å². The molecule has 2 aromatic carbocycles. The maximum atomic E-state index is 12.6. The molecule has 0 fully saturated rings. The molecule has 138 valence electrons. The van der Waals surface area contributed by atoms with E-state index >= 15 is 0 Å². The molecule has 0 aliphatic rings. The van der Waals surface area contributed by atoms with Crippen LogP contribution in [0.3, 0.4) is 0 Å². The van der Waals surface area contributed by atoms with Crippen molar-refractivity contribution in [1.29, 1.82) is 0 Å². The number of hydrogen-bond donors (Lipinski definition) is 2. The maximum absolute atomic E-state index is 12.6. The fraction of sp³-hybridized carbons (Fsp3) is 0.333. The first kappa shape index (κ1) is 19.5. The van der Waals surface area contributed by atoms with Gasteiger partial charge in [0, 0.05) is 19.0 Å². The highest BCUT2D eigenvalue weighted by Crippen LogP contribution is 2.24. The highest BCUT2D eigenvalue weighted by molar-refractivity contribution is 5.94. The minimum atomic E-state index is -0.120. The van der Waals surface area contributed by atoms with Crippen LogP contribution in [0, 0.1) is 5.92 Å². The molecule has 0 radical (unpaired) electrons. The first-order chi connectivity index (χ1) is 12.4. The average Bonchev–Trinajstić information content (AvgIpc) is 2.64. The van der Waals surface area contributed by atoms with E-state index in [-0.39, 0.29) is 23.8 Å². The van der Waals surface area contributed by atoms with Crippen molar-refractivity contribution in [3.05, 3.63) is 65.2 Å². The largest absolute Gasteiger partial charge is 0.497 e. The summed E-state index contributed by atoms with van der Waals surface area (Å²) in [5.74, 6) is 0.834. The Morgan fingerprint density at radius 1 is 1.00 bits per heavy atom. The zero-order chi connectivity index (χ0) is 19.1. The van der Waals surface area contributed by atoms with E-state index in [1.165, 1.54) is 6.92 Å². The van der Waals surface area contributed by atoms with Crippen LogP contribution in [0.2, 0.25) is 0 Å². The Bertz CT molecular complexity index is 737. The van der Waals surface area contributed by atoms with Crippen molar-refractivity contribution < 1.29 is 14.3 Å². The summed E-state index contributed by atoms with van der Waals surface area (Å²) in [5, 5.41) is 5.85. The Labute approximate surface area is 154 Å². The summed E-state index contributed by atoms with van der Waals surface area (Å²) in [7, 11) is 1.63. The van der Waals surface area contributed by atoms with E-state index in [1.54, 1.807) is 19.2 Å². The summed E-state index contributed by atoms with van der Waals surface area (Å²) in [6, 6.07) is 14.9. The monoisotopic (exact) mass is 354 g/mol. The van der Waals surface area contributed by atoms with E-state index in [9.17, 15) is 9.59 Å². The summed E-state index contributed by atoms with van der Waals surface area (Å²) in [6.07, 6.45) is 0. The van der Waals surface area contributed by atoms with Crippen LogP contribution in [0.1, 0.15) is 48.3 Å². The fourth-order valence-electron chi connectivity index (χ4n) is 2.67. The van der Waals surface area contributed by atoms with Crippen LogP contribution in [-0.2, 0) is 11.3 Å². The quantitative estimate of drug-likeness (QED) is 0.800. The summed E-state index contributed by atoms with van der Waals surface area (Å²) < 4.78 is 5.19. The normalized spacial score (nSPS) is 11.7. The molecule has 2 rings (SSSR count). The van der Waals surface area contributed by atoms with Gasteiger partial charge in [-0.15, -0.1) is 0 Å². The predicted octanol–water partition coefficient (Wildman–Crippen LogP) is 3.46. The number of benzene rings is 2. The molecule has 0 bridgehead atoms. The molecule has 0 saturated heterocycles. The second kappa shape index (κ2) is 9.04. The summed E-state index contributed by atoms with van der Waals surface area (Å²) in [5.41, 5.74) is 2.58. The lowest BCUT2D eigenvalue weighted by atomic mass is 9.95. The molecule has 5 heteroatoms. The molecule has 2 N–H and O–H groups in total. The lowest BCUT2D eigenvalue weighted by Gasteiger charge is -2.23. The molecule has 5 nitrogen and oxygen atoms in total. The number of carbonyl (C=O) groups is 2. The molecular formula is C21H26N2O3. The Morgan fingerprint density at radius 3 is 2.12 bits per heavy atom. The number of rotatable bonds is 7. The number of hydrogen-bond acceptors (Lipinski definition) is 3. The second-order valence-corrected chi connectivity index (χ2v) is 6.57. The van der Waals surface area contributed by atoms with Crippen LogP contribution in [0.5, 0.6) is 5.75 Å². The standard InChI is InChI=1S/C21H26N2O3/c1-14(2)20(17-9-11-19(26-4)12-10-17)23-21(25)18-7-5-16(6-8-18)13-22-15(3)24/h5-12,14,20H,13H2,1-4H3,(H,22,24)(H,23,25)/t20-/m1/s1. The van der Waals surface area contributed by atoms with Crippen molar-refractivity contribution in [2.45, 2.75) is 33.4 Å². The first-order valence-electron chi connectivity index (χ1n) is 8.69. The van der Waals surface area contributed by atoms with Gasteiger partial charge in [0.25, 0.3) is 5.91 Å². The van der Waals surface area contributed by atoms with Gasteiger partial charge in [-0.05, 0) is 41.3 Å². The van der Waals surface area contributed by atoms with Crippen molar-refractivity contribution in [3.8, 4) is 5.75 Å². The van der Waals surface area contributed by atoms with Crippen molar-refractivity contribution in [3.63, 3.8) is 0 Å². The Hall–Kier alpha value is -2.82. The van der Waals surface area contributed by atoms with Gasteiger partial charge in [0.2, 0.25) is 5.91 Å². The van der Waals surface area contributed by atoms with Crippen molar-refractivity contribution in [2.75, 3.05) is 7.11 Å². The number of amides is 2. The van der Waals surface area contributed by atoms with Gasteiger partial charge < -0.3 is 15.4 Å². The van der Waals surface area contributed by atoms with E-state index < -0.39 is 0 Å². The Balaban J connectivity index is 2.08. The highest BCUT2D eigenvalue weighted by Gasteiger charge is 2.19.